The first-order chi connectivity index (χ1) is 7.90. The van der Waals surface area contributed by atoms with Crippen LogP contribution in [-0.2, 0) is 0 Å². The fourth-order valence-corrected chi connectivity index (χ4v) is 3.00. The number of nitrogens with two attached hydrogens (primary N) is 2. The predicted molar refractivity (Wildman–Crippen MR) is 68.0 cm³/mol. The monoisotopic (exact) mass is 237 g/mol. The fraction of sp³-hybridized carbons (Fsp3) is 0.615. The molecule has 0 aromatic heterocycles. The molecule has 1 heterocycles. The van der Waals surface area contributed by atoms with Gasteiger partial charge in [0.15, 0.2) is 0 Å². The Balaban J connectivity index is 2.30. The lowest BCUT2D eigenvalue weighted by Gasteiger charge is -2.40. The van der Waals surface area contributed by atoms with Crippen molar-refractivity contribution >= 4 is 5.84 Å². The second-order valence-corrected chi connectivity index (χ2v) is 5.52. The summed E-state index contributed by atoms with van der Waals surface area (Å²) < 4.78 is 14.0. The van der Waals surface area contributed by atoms with E-state index in [1.807, 2.05) is 6.92 Å². The van der Waals surface area contributed by atoms with Crippen molar-refractivity contribution in [2.45, 2.75) is 38.6 Å². The average molecular weight is 237 g/mol. The van der Waals surface area contributed by atoms with Gasteiger partial charge in [-0.15, -0.1) is 0 Å². The van der Waals surface area contributed by atoms with Crippen molar-refractivity contribution in [2.24, 2.45) is 28.3 Å². The third kappa shape index (κ3) is 2.35. The molecule has 0 spiro atoms. The Morgan fingerprint density at radius 1 is 1.35 bits per heavy atom. The maximum Gasteiger partial charge on any atom is 0.106 e. The van der Waals surface area contributed by atoms with E-state index in [-0.39, 0.29) is 11.7 Å². The van der Waals surface area contributed by atoms with Crippen LogP contribution in [-0.4, -0.2) is 11.4 Å². The summed E-state index contributed by atoms with van der Waals surface area (Å²) in [6.45, 7) is 4.11. The highest BCUT2D eigenvalue weighted by molar-refractivity contribution is 5.81. The van der Waals surface area contributed by atoms with Crippen LogP contribution in [0.3, 0.4) is 0 Å². The predicted octanol–water partition coefficient (Wildman–Crippen LogP) is 2.25. The second kappa shape index (κ2) is 4.17. The lowest BCUT2D eigenvalue weighted by molar-refractivity contribution is 0.231. The van der Waals surface area contributed by atoms with E-state index in [0.717, 1.165) is 12.8 Å². The van der Waals surface area contributed by atoms with Gasteiger partial charge in [0.2, 0.25) is 0 Å². The SMILES string of the molecule is CC1CC(N)=NC(C)(C2CC(N)=CC=C2F)C1. The Morgan fingerprint density at radius 3 is 2.71 bits per heavy atom. The summed E-state index contributed by atoms with van der Waals surface area (Å²) in [7, 11) is 0. The van der Waals surface area contributed by atoms with Crippen molar-refractivity contribution in [3.8, 4) is 0 Å². The third-order valence-electron chi connectivity index (χ3n) is 3.70. The normalized spacial score (nSPS) is 38.2. The average Bonchev–Trinajstić information content (AvgIpc) is 2.19. The Labute approximate surface area is 101 Å². The van der Waals surface area contributed by atoms with Crippen LogP contribution in [0.1, 0.15) is 33.1 Å². The molecule has 0 bridgehead atoms. The Hall–Kier alpha value is -1.32. The molecule has 2 aliphatic rings. The van der Waals surface area contributed by atoms with Gasteiger partial charge >= 0.3 is 0 Å². The number of hydrogen-bond donors (Lipinski definition) is 2. The van der Waals surface area contributed by atoms with Crippen LogP contribution < -0.4 is 11.5 Å². The molecular weight excluding hydrogens is 217 g/mol. The van der Waals surface area contributed by atoms with Crippen LogP contribution in [0.2, 0.25) is 0 Å². The van der Waals surface area contributed by atoms with Crippen molar-refractivity contribution in [1.82, 2.24) is 0 Å². The van der Waals surface area contributed by atoms with Crippen molar-refractivity contribution in [3.63, 3.8) is 0 Å². The van der Waals surface area contributed by atoms with E-state index >= 15 is 0 Å². The van der Waals surface area contributed by atoms with E-state index in [0.29, 0.717) is 23.9 Å². The van der Waals surface area contributed by atoms with Crippen molar-refractivity contribution in [3.05, 3.63) is 23.7 Å². The van der Waals surface area contributed by atoms with Gasteiger partial charge in [0, 0.05) is 18.0 Å². The zero-order chi connectivity index (χ0) is 12.6. The smallest absolute Gasteiger partial charge is 0.106 e. The summed E-state index contributed by atoms with van der Waals surface area (Å²) in [5.41, 5.74) is 11.9. The van der Waals surface area contributed by atoms with E-state index in [1.165, 1.54) is 6.08 Å². The second-order valence-electron chi connectivity index (χ2n) is 5.52. The summed E-state index contributed by atoms with van der Waals surface area (Å²) in [6, 6.07) is 0. The quantitative estimate of drug-likeness (QED) is 0.734. The van der Waals surface area contributed by atoms with Crippen LogP contribution in [0, 0.1) is 11.8 Å². The summed E-state index contributed by atoms with van der Waals surface area (Å²) in [5.74, 6) is 0.672. The van der Waals surface area contributed by atoms with Crippen LogP contribution in [0.4, 0.5) is 4.39 Å². The van der Waals surface area contributed by atoms with Gasteiger partial charge < -0.3 is 11.5 Å². The molecule has 4 N–H and O–H groups in total. The Bertz CT molecular complexity index is 411. The molecule has 0 saturated heterocycles. The molecule has 1 aliphatic heterocycles. The highest BCUT2D eigenvalue weighted by atomic mass is 19.1. The molecule has 0 aromatic rings. The molecule has 0 radical (unpaired) electrons. The van der Waals surface area contributed by atoms with Crippen LogP contribution in [0.25, 0.3) is 0 Å². The van der Waals surface area contributed by atoms with Crippen molar-refractivity contribution in [2.75, 3.05) is 0 Å². The van der Waals surface area contributed by atoms with Gasteiger partial charge in [-0.25, -0.2) is 4.39 Å². The molecule has 3 nitrogen and oxygen atoms in total. The molecule has 0 saturated carbocycles. The standard InChI is InChI=1S/C13H20FN3/c1-8-5-12(16)17-13(2,7-8)10-6-9(15)3-4-11(10)14/h3-4,8,10H,5-7,15H2,1-2H3,(H2,16,17). The number of halogens is 1. The Morgan fingerprint density at radius 2 is 2.06 bits per heavy atom. The van der Waals surface area contributed by atoms with E-state index in [4.69, 9.17) is 11.5 Å². The maximum atomic E-state index is 14.0. The van der Waals surface area contributed by atoms with Gasteiger partial charge in [0.1, 0.15) is 5.83 Å². The lowest BCUT2D eigenvalue weighted by Crippen LogP contribution is -2.42. The van der Waals surface area contributed by atoms with Gasteiger partial charge in [0.25, 0.3) is 0 Å². The zero-order valence-electron chi connectivity index (χ0n) is 10.4. The number of aliphatic imine (C=N–C) groups is 1. The molecule has 3 unspecified atom stereocenters. The molecule has 3 atom stereocenters. The molecule has 0 fully saturated rings. The first-order valence-electron chi connectivity index (χ1n) is 6.06. The summed E-state index contributed by atoms with van der Waals surface area (Å²) in [5, 5.41) is 0. The van der Waals surface area contributed by atoms with E-state index in [9.17, 15) is 4.39 Å². The van der Waals surface area contributed by atoms with Crippen LogP contribution >= 0.6 is 0 Å². The number of allylic oxidation sites excluding steroid dienone is 3. The van der Waals surface area contributed by atoms with Crippen LogP contribution in [0.5, 0.6) is 0 Å². The topological polar surface area (TPSA) is 64.4 Å². The zero-order valence-corrected chi connectivity index (χ0v) is 10.4. The number of amidine groups is 1. The molecule has 2 rings (SSSR count). The molecule has 4 heteroatoms. The summed E-state index contributed by atoms with van der Waals surface area (Å²) in [6.07, 6.45) is 5.28. The minimum absolute atomic E-state index is 0.132. The first kappa shape index (κ1) is 12.1. The van der Waals surface area contributed by atoms with Crippen molar-refractivity contribution < 1.29 is 4.39 Å². The molecule has 1 aliphatic carbocycles. The lowest BCUT2D eigenvalue weighted by atomic mass is 9.73. The molecule has 0 aromatic carbocycles. The molecule has 94 valence electrons. The van der Waals surface area contributed by atoms with E-state index in [2.05, 4.69) is 11.9 Å². The first-order valence-corrected chi connectivity index (χ1v) is 6.06. The van der Waals surface area contributed by atoms with Gasteiger partial charge in [-0.3, -0.25) is 4.99 Å². The maximum absolute atomic E-state index is 14.0. The highest BCUT2D eigenvalue weighted by Crippen LogP contribution is 2.42. The Kier molecular flexibility index (Phi) is 2.98. The molecule has 17 heavy (non-hydrogen) atoms. The number of nitrogens with zero attached hydrogens (tertiary/aromatic N) is 1. The van der Waals surface area contributed by atoms with Gasteiger partial charge in [0.05, 0.1) is 11.4 Å². The summed E-state index contributed by atoms with van der Waals surface area (Å²) >= 11 is 0. The van der Waals surface area contributed by atoms with E-state index in [1.54, 1.807) is 6.08 Å². The summed E-state index contributed by atoms with van der Waals surface area (Å²) in [4.78, 5) is 4.50. The minimum atomic E-state index is -0.457. The van der Waals surface area contributed by atoms with Gasteiger partial charge in [-0.05, 0) is 37.8 Å². The minimum Gasteiger partial charge on any atom is -0.402 e. The highest BCUT2D eigenvalue weighted by Gasteiger charge is 2.41. The largest absolute Gasteiger partial charge is 0.402 e. The fourth-order valence-electron chi connectivity index (χ4n) is 3.00. The van der Waals surface area contributed by atoms with E-state index < -0.39 is 5.54 Å². The van der Waals surface area contributed by atoms with Gasteiger partial charge in [-0.1, -0.05) is 6.92 Å². The number of hydrogen-bond acceptors (Lipinski definition) is 3. The van der Waals surface area contributed by atoms with Gasteiger partial charge in [-0.2, -0.15) is 0 Å². The third-order valence-corrected chi connectivity index (χ3v) is 3.70. The van der Waals surface area contributed by atoms with Crippen molar-refractivity contribution in [1.29, 1.82) is 0 Å². The van der Waals surface area contributed by atoms with Crippen LogP contribution in [0.15, 0.2) is 28.7 Å². The molecular formula is C13H20FN3. The molecule has 0 amide bonds. The number of rotatable bonds is 1.